The molecule has 0 saturated carbocycles. The van der Waals surface area contributed by atoms with E-state index in [4.69, 9.17) is 5.73 Å². The van der Waals surface area contributed by atoms with Crippen LogP contribution in [0.3, 0.4) is 0 Å². The van der Waals surface area contributed by atoms with Crippen molar-refractivity contribution in [2.24, 2.45) is 7.05 Å². The Kier molecular flexibility index (Phi) is 3.23. The number of sulfonamides is 1. The zero-order chi connectivity index (χ0) is 14.9. The molecule has 2 aromatic rings. The first-order valence-corrected chi connectivity index (χ1v) is 6.58. The zero-order valence-corrected chi connectivity index (χ0v) is 10.9. The number of benzene rings is 1. The van der Waals surface area contributed by atoms with E-state index in [1.54, 1.807) is 0 Å². The number of nitrogen functional groups attached to an aromatic ring is 1. The molecule has 0 atom stereocenters. The number of hydrogen-bond acceptors (Lipinski definition) is 8. The third-order valence-electron chi connectivity index (χ3n) is 2.24. The van der Waals surface area contributed by atoms with Crippen LogP contribution in [0.2, 0.25) is 0 Å². The molecule has 11 nitrogen and oxygen atoms in total. The fourth-order valence-electron chi connectivity index (χ4n) is 1.37. The summed E-state index contributed by atoms with van der Waals surface area (Å²) < 4.78 is 26.1. The molecular weight excluding hydrogens is 290 g/mol. The van der Waals surface area contributed by atoms with Crippen LogP contribution >= 0.6 is 0 Å². The second kappa shape index (κ2) is 4.73. The minimum absolute atomic E-state index is 0.218. The predicted molar refractivity (Wildman–Crippen MR) is 67.1 cm³/mol. The number of hydrogen-bond donors (Lipinski definition) is 2. The summed E-state index contributed by atoms with van der Waals surface area (Å²) in [6.07, 6.45) is 0. The Labute approximate surface area is 112 Å². The van der Waals surface area contributed by atoms with Gasteiger partial charge in [-0.15, -0.1) is 5.10 Å². The van der Waals surface area contributed by atoms with Crippen molar-refractivity contribution in [3.05, 3.63) is 28.3 Å². The lowest BCUT2D eigenvalue weighted by Crippen LogP contribution is -2.14. The van der Waals surface area contributed by atoms with Crippen LogP contribution in [0.15, 0.2) is 23.1 Å². The van der Waals surface area contributed by atoms with Crippen molar-refractivity contribution in [3.8, 4) is 0 Å². The van der Waals surface area contributed by atoms with E-state index in [9.17, 15) is 18.5 Å². The lowest BCUT2D eigenvalue weighted by atomic mass is 10.3. The summed E-state index contributed by atoms with van der Waals surface area (Å²) >= 11 is 0. The maximum atomic E-state index is 12.0. The lowest BCUT2D eigenvalue weighted by molar-refractivity contribution is -0.383. The first-order valence-electron chi connectivity index (χ1n) is 5.10. The normalized spacial score (nSPS) is 11.2. The van der Waals surface area contributed by atoms with Crippen molar-refractivity contribution < 1.29 is 13.3 Å². The first-order chi connectivity index (χ1) is 9.29. The van der Waals surface area contributed by atoms with Gasteiger partial charge in [0.2, 0.25) is 0 Å². The SMILES string of the molecule is Cn1nnc(NS(=O)(=O)c2ccc([N+](=O)[O-])c(N)c2)n1. The summed E-state index contributed by atoms with van der Waals surface area (Å²) in [5.41, 5.74) is 4.80. The van der Waals surface area contributed by atoms with Gasteiger partial charge in [-0.05, 0) is 17.3 Å². The Bertz CT molecular complexity index is 769. The van der Waals surface area contributed by atoms with Gasteiger partial charge in [0.15, 0.2) is 0 Å². The van der Waals surface area contributed by atoms with E-state index in [-0.39, 0.29) is 22.2 Å². The molecule has 2 rings (SSSR count). The Morgan fingerprint density at radius 2 is 2.15 bits per heavy atom. The Morgan fingerprint density at radius 1 is 1.45 bits per heavy atom. The van der Waals surface area contributed by atoms with Crippen LogP contribution in [0.1, 0.15) is 0 Å². The molecular formula is C8H9N7O4S. The summed E-state index contributed by atoms with van der Waals surface area (Å²) in [7, 11) is -2.53. The van der Waals surface area contributed by atoms with Crippen molar-refractivity contribution in [2.75, 3.05) is 10.5 Å². The molecule has 1 aromatic heterocycles. The highest BCUT2D eigenvalue weighted by atomic mass is 32.2. The molecule has 0 amide bonds. The lowest BCUT2D eigenvalue weighted by Gasteiger charge is -2.05. The maximum absolute atomic E-state index is 12.0. The molecule has 0 saturated heterocycles. The fraction of sp³-hybridized carbons (Fsp3) is 0.125. The number of aryl methyl sites for hydroxylation is 1. The molecule has 0 bridgehead atoms. The number of nitrogens with zero attached hydrogens (tertiary/aromatic N) is 5. The number of nitrogens with two attached hydrogens (primary N) is 1. The largest absolute Gasteiger partial charge is 0.393 e. The fourth-order valence-corrected chi connectivity index (χ4v) is 2.34. The van der Waals surface area contributed by atoms with Gasteiger partial charge < -0.3 is 5.73 Å². The monoisotopic (exact) mass is 299 g/mol. The van der Waals surface area contributed by atoms with E-state index in [1.165, 1.54) is 7.05 Å². The molecule has 0 aliphatic rings. The summed E-state index contributed by atoms with van der Waals surface area (Å²) in [5.74, 6) is -0.218. The number of nitrogens with one attached hydrogen (secondary N) is 1. The van der Waals surface area contributed by atoms with Crippen LogP contribution in [-0.2, 0) is 17.1 Å². The summed E-state index contributed by atoms with van der Waals surface area (Å²) in [6.45, 7) is 0. The quantitative estimate of drug-likeness (QED) is 0.434. The highest BCUT2D eigenvalue weighted by molar-refractivity contribution is 7.92. The van der Waals surface area contributed by atoms with Crippen LogP contribution in [-0.4, -0.2) is 33.5 Å². The molecule has 106 valence electrons. The molecule has 12 heteroatoms. The van der Waals surface area contributed by atoms with Gasteiger partial charge in [0, 0.05) is 6.07 Å². The minimum atomic E-state index is -4.00. The zero-order valence-electron chi connectivity index (χ0n) is 10.1. The summed E-state index contributed by atoms with van der Waals surface area (Å²) in [6, 6.07) is 3.05. The van der Waals surface area contributed by atoms with Gasteiger partial charge in [0.05, 0.1) is 16.9 Å². The average Bonchev–Trinajstić information content (AvgIpc) is 2.73. The van der Waals surface area contributed by atoms with Crippen molar-refractivity contribution in [1.29, 1.82) is 0 Å². The minimum Gasteiger partial charge on any atom is -0.393 e. The van der Waals surface area contributed by atoms with E-state index < -0.39 is 14.9 Å². The van der Waals surface area contributed by atoms with Crippen LogP contribution in [0.4, 0.5) is 17.3 Å². The van der Waals surface area contributed by atoms with Gasteiger partial charge >= 0.3 is 0 Å². The third-order valence-corrected chi connectivity index (χ3v) is 3.57. The summed E-state index contributed by atoms with van der Waals surface area (Å²) in [4.78, 5) is 10.7. The van der Waals surface area contributed by atoms with Crippen molar-refractivity contribution in [1.82, 2.24) is 20.2 Å². The van der Waals surface area contributed by atoms with E-state index in [2.05, 4.69) is 20.1 Å². The topological polar surface area (TPSA) is 159 Å². The smallest absolute Gasteiger partial charge is 0.292 e. The second-order valence-electron chi connectivity index (χ2n) is 3.69. The van der Waals surface area contributed by atoms with Gasteiger partial charge in [0.25, 0.3) is 21.7 Å². The number of rotatable bonds is 4. The molecule has 20 heavy (non-hydrogen) atoms. The molecule has 0 aliphatic heterocycles. The van der Waals surface area contributed by atoms with Crippen LogP contribution in [0.5, 0.6) is 0 Å². The molecule has 0 fully saturated rings. The molecule has 1 aromatic carbocycles. The summed E-state index contributed by atoms with van der Waals surface area (Å²) in [5, 5.41) is 21.2. The van der Waals surface area contributed by atoms with Gasteiger partial charge in [-0.2, -0.15) is 4.80 Å². The number of nitro groups is 1. The van der Waals surface area contributed by atoms with Crippen molar-refractivity contribution >= 4 is 27.3 Å². The average molecular weight is 299 g/mol. The molecule has 0 spiro atoms. The van der Waals surface area contributed by atoms with Crippen LogP contribution < -0.4 is 10.5 Å². The van der Waals surface area contributed by atoms with Gasteiger partial charge in [-0.25, -0.2) is 13.1 Å². The molecule has 0 aliphatic carbocycles. The van der Waals surface area contributed by atoms with Gasteiger partial charge in [0.1, 0.15) is 5.69 Å². The van der Waals surface area contributed by atoms with E-state index >= 15 is 0 Å². The Hall–Kier alpha value is -2.76. The molecule has 3 N–H and O–H groups in total. The highest BCUT2D eigenvalue weighted by Gasteiger charge is 2.20. The van der Waals surface area contributed by atoms with Crippen LogP contribution in [0, 0.1) is 10.1 Å². The number of tetrazole rings is 1. The van der Waals surface area contributed by atoms with Gasteiger partial charge in [-0.3, -0.25) is 10.1 Å². The van der Waals surface area contributed by atoms with Crippen LogP contribution in [0.25, 0.3) is 0 Å². The van der Waals surface area contributed by atoms with E-state index in [0.717, 1.165) is 23.0 Å². The number of aromatic nitrogens is 4. The molecule has 0 radical (unpaired) electrons. The Balaban J connectivity index is 2.35. The van der Waals surface area contributed by atoms with E-state index in [0.29, 0.717) is 0 Å². The van der Waals surface area contributed by atoms with E-state index in [1.807, 2.05) is 0 Å². The molecule has 1 heterocycles. The molecule has 0 unspecified atom stereocenters. The van der Waals surface area contributed by atoms with Crippen molar-refractivity contribution in [3.63, 3.8) is 0 Å². The first kappa shape index (κ1) is 13.7. The van der Waals surface area contributed by atoms with Crippen molar-refractivity contribution in [2.45, 2.75) is 4.90 Å². The maximum Gasteiger partial charge on any atom is 0.292 e. The predicted octanol–water partition coefficient (Wildman–Crippen LogP) is -0.499. The number of nitro benzene ring substituents is 1. The third kappa shape index (κ3) is 2.64. The van der Waals surface area contributed by atoms with Gasteiger partial charge in [-0.1, -0.05) is 5.10 Å². The highest BCUT2D eigenvalue weighted by Crippen LogP contribution is 2.25. The standard InChI is InChI=1S/C8H9N7O4S/c1-14-11-8(10-13-14)12-20(18,19)5-2-3-7(15(16)17)6(9)4-5/h2-4H,9H2,1H3,(H,11,12). The number of anilines is 2. The Morgan fingerprint density at radius 3 is 2.65 bits per heavy atom. The second-order valence-corrected chi connectivity index (χ2v) is 5.37.